The normalized spacial score (nSPS) is 10.6. The average molecular weight is 302 g/mol. The minimum atomic E-state index is -0.238. The van der Waals surface area contributed by atoms with E-state index in [1.54, 1.807) is 12.3 Å². The summed E-state index contributed by atoms with van der Waals surface area (Å²) in [6.45, 7) is 2.12. The molecule has 2 aromatic rings. The van der Waals surface area contributed by atoms with Gasteiger partial charge in [-0.2, -0.15) is 5.10 Å². The lowest BCUT2D eigenvalue weighted by atomic mass is 10.2. The van der Waals surface area contributed by atoms with Crippen molar-refractivity contribution in [1.29, 1.82) is 0 Å². The summed E-state index contributed by atoms with van der Waals surface area (Å²) in [6.07, 6.45) is 1.60. The van der Waals surface area contributed by atoms with Crippen LogP contribution in [0.1, 0.15) is 11.1 Å². The maximum atomic E-state index is 11.6. The van der Waals surface area contributed by atoms with Crippen LogP contribution in [-0.2, 0) is 4.79 Å². The maximum absolute atomic E-state index is 11.6. The molecule has 0 atom stereocenters. The molecule has 21 heavy (non-hydrogen) atoms. The predicted molar refractivity (Wildman–Crippen MR) is 86.9 cm³/mol. The molecule has 0 saturated heterocycles. The lowest BCUT2D eigenvalue weighted by Crippen LogP contribution is -2.25. The van der Waals surface area contributed by atoms with Crippen molar-refractivity contribution in [3.05, 3.63) is 64.7 Å². The Morgan fingerprint density at radius 1 is 1.19 bits per heavy atom. The molecule has 0 saturated carbocycles. The van der Waals surface area contributed by atoms with Gasteiger partial charge in [0, 0.05) is 0 Å². The molecule has 0 bridgehead atoms. The summed E-state index contributed by atoms with van der Waals surface area (Å²) in [5.41, 5.74) is 5.29. The molecule has 2 aromatic carbocycles. The highest BCUT2D eigenvalue weighted by Gasteiger charge is 2.01. The van der Waals surface area contributed by atoms with Crippen LogP contribution in [0.5, 0.6) is 0 Å². The number of amides is 1. The van der Waals surface area contributed by atoms with E-state index in [1.807, 2.05) is 49.4 Å². The number of aryl methyl sites for hydroxylation is 1. The molecular weight excluding hydrogens is 286 g/mol. The van der Waals surface area contributed by atoms with Gasteiger partial charge >= 0.3 is 0 Å². The molecule has 5 heteroatoms. The number of hydrazone groups is 1. The number of carbonyl (C=O) groups excluding carboxylic acids is 1. The third-order valence-electron chi connectivity index (χ3n) is 2.79. The Balaban J connectivity index is 1.80. The van der Waals surface area contributed by atoms with Crippen molar-refractivity contribution in [2.75, 3.05) is 11.9 Å². The van der Waals surface area contributed by atoms with Crippen LogP contribution in [0.3, 0.4) is 0 Å². The van der Waals surface area contributed by atoms with Crippen LogP contribution in [0.4, 0.5) is 5.69 Å². The number of hydrogen-bond donors (Lipinski definition) is 2. The van der Waals surface area contributed by atoms with Gasteiger partial charge in [-0.05, 0) is 24.6 Å². The summed E-state index contributed by atoms with van der Waals surface area (Å²) in [4.78, 5) is 11.6. The molecule has 2 N–H and O–H groups in total. The molecule has 0 aliphatic rings. The first kappa shape index (κ1) is 15.1. The molecular formula is C16H16ClN3O. The second kappa shape index (κ2) is 7.45. The fourth-order valence-electron chi connectivity index (χ4n) is 1.65. The SMILES string of the molecule is Cc1ccc(/C=N/NC(=O)CNc2ccccc2Cl)cc1. The Labute approximate surface area is 128 Å². The van der Waals surface area contributed by atoms with Crippen LogP contribution >= 0.6 is 11.6 Å². The van der Waals surface area contributed by atoms with E-state index in [0.29, 0.717) is 5.02 Å². The zero-order valence-electron chi connectivity index (χ0n) is 11.6. The fraction of sp³-hybridized carbons (Fsp3) is 0.125. The first-order valence-corrected chi connectivity index (χ1v) is 6.90. The van der Waals surface area contributed by atoms with Crippen LogP contribution in [-0.4, -0.2) is 18.7 Å². The van der Waals surface area contributed by atoms with Crippen molar-refractivity contribution in [3.8, 4) is 0 Å². The van der Waals surface area contributed by atoms with E-state index in [-0.39, 0.29) is 12.5 Å². The van der Waals surface area contributed by atoms with E-state index < -0.39 is 0 Å². The number of hydrogen-bond acceptors (Lipinski definition) is 3. The third kappa shape index (κ3) is 4.93. The van der Waals surface area contributed by atoms with Gasteiger partial charge in [-0.15, -0.1) is 0 Å². The van der Waals surface area contributed by atoms with Crippen LogP contribution in [0.2, 0.25) is 5.02 Å². The van der Waals surface area contributed by atoms with E-state index in [4.69, 9.17) is 11.6 Å². The molecule has 0 fully saturated rings. The molecule has 1 amide bonds. The number of benzene rings is 2. The second-order valence-corrected chi connectivity index (χ2v) is 4.94. The number of anilines is 1. The second-order valence-electron chi connectivity index (χ2n) is 4.54. The van der Waals surface area contributed by atoms with E-state index in [1.165, 1.54) is 5.56 Å². The van der Waals surface area contributed by atoms with Gasteiger partial charge in [0.1, 0.15) is 0 Å². The van der Waals surface area contributed by atoms with Crippen molar-refractivity contribution in [2.45, 2.75) is 6.92 Å². The van der Waals surface area contributed by atoms with E-state index in [9.17, 15) is 4.79 Å². The lowest BCUT2D eigenvalue weighted by Gasteiger charge is -2.06. The number of nitrogens with one attached hydrogen (secondary N) is 2. The number of para-hydroxylation sites is 1. The summed E-state index contributed by atoms with van der Waals surface area (Å²) in [7, 11) is 0. The predicted octanol–water partition coefficient (Wildman–Crippen LogP) is 3.21. The Morgan fingerprint density at radius 3 is 2.62 bits per heavy atom. The van der Waals surface area contributed by atoms with Crippen molar-refractivity contribution < 1.29 is 4.79 Å². The van der Waals surface area contributed by atoms with E-state index in [2.05, 4.69) is 15.8 Å². The summed E-state index contributed by atoms with van der Waals surface area (Å²) in [5.74, 6) is -0.238. The molecule has 2 rings (SSSR count). The van der Waals surface area contributed by atoms with Gasteiger partial charge in [0.2, 0.25) is 0 Å². The standard InChI is InChI=1S/C16H16ClN3O/c1-12-6-8-13(9-7-12)10-19-20-16(21)11-18-15-5-3-2-4-14(15)17/h2-10,18H,11H2,1H3,(H,20,21)/b19-10+. The average Bonchev–Trinajstić information content (AvgIpc) is 2.48. The molecule has 0 radical (unpaired) electrons. The first-order valence-electron chi connectivity index (χ1n) is 6.52. The largest absolute Gasteiger partial charge is 0.375 e. The minimum absolute atomic E-state index is 0.106. The van der Waals surface area contributed by atoms with E-state index in [0.717, 1.165) is 11.3 Å². The molecule has 0 aliphatic carbocycles. The Bertz CT molecular complexity index is 638. The van der Waals surface area contributed by atoms with Crippen LogP contribution in [0.15, 0.2) is 53.6 Å². The van der Waals surface area contributed by atoms with Crippen LogP contribution in [0.25, 0.3) is 0 Å². The third-order valence-corrected chi connectivity index (χ3v) is 3.12. The number of carbonyl (C=O) groups is 1. The first-order chi connectivity index (χ1) is 10.1. The number of rotatable bonds is 5. The highest BCUT2D eigenvalue weighted by atomic mass is 35.5. The zero-order valence-corrected chi connectivity index (χ0v) is 12.4. The molecule has 0 unspecified atom stereocenters. The van der Waals surface area contributed by atoms with Gasteiger partial charge in [-0.3, -0.25) is 4.79 Å². The summed E-state index contributed by atoms with van der Waals surface area (Å²) in [6, 6.07) is 15.1. The van der Waals surface area contributed by atoms with Crippen molar-refractivity contribution in [3.63, 3.8) is 0 Å². The van der Waals surface area contributed by atoms with Crippen molar-refractivity contribution >= 4 is 29.4 Å². The number of nitrogens with zero attached hydrogens (tertiary/aromatic N) is 1. The Hall–Kier alpha value is -2.33. The van der Waals surface area contributed by atoms with Crippen molar-refractivity contribution in [2.24, 2.45) is 5.10 Å². The van der Waals surface area contributed by atoms with Crippen LogP contribution < -0.4 is 10.7 Å². The van der Waals surface area contributed by atoms with E-state index >= 15 is 0 Å². The van der Waals surface area contributed by atoms with Gasteiger partial charge in [-0.25, -0.2) is 5.43 Å². The fourth-order valence-corrected chi connectivity index (χ4v) is 1.85. The van der Waals surface area contributed by atoms with Crippen LogP contribution in [0, 0.1) is 6.92 Å². The highest BCUT2D eigenvalue weighted by Crippen LogP contribution is 2.19. The molecule has 0 heterocycles. The summed E-state index contributed by atoms with van der Waals surface area (Å²) < 4.78 is 0. The molecule has 0 aromatic heterocycles. The molecule has 0 spiro atoms. The van der Waals surface area contributed by atoms with Crippen molar-refractivity contribution in [1.82, 2.24) is 5.43 Å². The lowest BCUT2D eigenvalue weighted by molar-refractivity contribution is -0.119. The summed E-state index contributed by atoms with van der Waals surface area (Å²) >= 11 is 5.98. The Kier molecular flexibility index (Phi) is 5.35. The highest BCUT2D eigenvalue weighted by molar-refractivity contribution is 6.33. The maximum Gasteiger partial charge on any atom is 0.259 e. The van der Waals surface area contributed by atoms with Gasteiger partial charge < -0.3 is 5.32 Å². The monoisotopic (exact) mass is 301 g/mol. The topological polar surface area (TPSA) is 53.5 Å². The quantitative estimate of drug-likeness (QED) is 0.658. The molecule has 4 nitrogen and oxygen atoms in total. The Morgan fingerprint density at radius 2 is 1.90 bits per heavy atom. The minimum Gasteiger partial charge on any atom is -0.375 e. The van der Waals surface area contributed by atoms with Gasteiger partial charge in [0.05, 0.1) is 23.5 Å². The molecule has 0 aliphatic heterocycles. The summed E-state index contributed by atoms with van der Waals surface area (Å²) in [5, 5.41) is 7.44. The van der Waals surface area contributed by atoms with Gasteiger partial charge in [0.25, 0.3) is 5.91 Å². The smallest absolute Gasteiger partial charge is 0.259 e. The number of halogens is 1. The zero-order chi connectivity index (χ0) is 15.1. The molecule has 108 valence electrons. The van der Waals surface area contributed by atoms with Gasteiger partial charge in [-0.1, -0.05) is 53.6 Å². The van der Waals surface area contributed by atoms with Gasteiger partial charge in [0.15, 0.2) is 0 Å².